The summed E-state index contributed by atoms with van der Waals surface area (Å²) in [4.78, 5) is 7.08. The summed E-state index contributed by atoms with van der Waals surface area (Å²) in [6, 6.07) is 8.08. The van der Waals surface area contributed by atoms with Crippen molar-refractivity contribution in [1.29, 1.82) is 0 Å². The van der Waals surface area contributed by atoms with Crippen LogP contribution in [0.15, 0.2) is 24.3 Å². The second-order valence-corrected chi connectivity index (χ2v) is 4.81. The van der Waals surface area contributed by atoms with Gasteiger partial charge in [0.2, 0.25) is 0 Å². The fraction of sp³-hybridized carbons (Fsp3) is 0.357. The van der Waals surface area contributed by atoms with E-state index in [-0.39, 0.29) is 0 Å². The Labute approximate surface area is 107 Å². The minimum atomic E-state index is 0.794. The molecule has 1 aromatic carbocycles. The molecule has 0 spiro atoms. The maximum Gasteiger partial charge on any atom is 0.129 e. The van der Waals surface area contributed by atoms with E-state index in [1.54, 1.807) is 0 Å². The Hall–Kier alpha value is -1.81. The number of benzene rings is 1. The second kappa shape index (κ2) is 4.46. The Kier molecular flexibility index (Phi) is 2.80. The van der Waals surface area contributed by atoms with Crippen LogP contribution in [0, 0.1) is 6.92 Å². The van der Waals surface area contributed by atoms with E-state index < -0.39 is 0 Å². The number of nitrogens with two attached hydrogens (primary N) is 1. The van der Waals surface area contributed by atoms with Crippen molar-refractivity contribution < 1.29 is 0 Å². The van der Waals surface area contributed by atoms with Gasteiger partial charge in [-0.2, -0.15) is 0 Å². The molecule has 0 radical (unpaired) electrons. The lowest BCUT2D eigenvalue weighted by Crippen LogP contribution is -2.43. The molecular formula is C14H18N4. The van der Waals surface area contributed by atoms with E-state index in [4.69, 9.17) is 10.7 Å². The molecule has 1 aliphatic rings. The molecule has 0 saturated carbocycles. The van der Waals surface area contributed by atoms with Crippen LogP contribution in [-0.2, 0) is 0 Å². The lowest BCUT2D eigenvalue weighted by Gasteiger charge is -2.28. The maximum absolute atomic E-state index is 5.83. The zero-order chi connectivity index (χ0) is 12.5. The third-order valence-electron chi connectivity index (χ3n) is 3.47. The Balaban J connectivity index is 2.06. The summed E-state index contributed by atoms with van der Waals surface area (Å²) in [5, 5.41) is 4.50. The zero-order valence-electron chi connectivity index (χ0n) is 10.6. The summed E-state index contributed by atoms with van der Waals surface area (Å²) in [5.41, 5.74) is 8.88. The summed E-state index contributed by atoms with van der Waals surface area (Å²) in [6.45, 7) is 6.22. The van der Waals surface area contributed by atoms with Crippen LogP contribution in [0.4, 0.5) is 11.5 Å². The molecule has 0 bridgehead atoms. The van der Waals surface area contributed by atoms with E-state index in [0.29, 0.717) is 0 Å². The number of rotatable bonds is 1. The lowest BCUT2D eigenvalue weighted by molar-refractivity contribution is 0.585. The van der Waals surface area contributed by atoms with Gasteiger partial charge in [-0.1, -0.05) is 0 Å². The van der Waals surface area contributed by atoms with Crippen molar-refractivity contribution in [1.82, 2.24) is 10.3 Å². The summed E-state index contributed by atoms with van der Waals surface area (Å²) in [6.07, 6.45) is 0. The average molecular weight is 242 g/mol. The summed E-state index contributed by atoms with van der Waals surface area (Å²) in [5.74, 6) is 1.08. The van der Waals surface area contributed by atoms with Crippen LogP contribution in [0.25, 0.3) is 10.9 Å². The molecular weight excluding hydrogens is 224 g/mol. The lowest BCUT2D eigenvalue weighted by atomic mass is 10.1. The number of aromatic nitrogens is 1. The molecule has 1 saturated heterocycles. The quantitative estimate of drug-likeness (QED) is 0.745. The Morgan fingerprint density at radius 3 is 2.78 bits per heavy atom. The van der Waals surface area contributed by atoms with E-state index in [1.807, 2.05) is 18.2 Å². The van der Waals surface area contributed by atoms with E-state index in [2.05, 4.69) is 23.2 Å². The van der Waals surface area contributed by atoms with Crippen molar-refractivity contribution in [3.05, 3.63) is 29.8 Å². The first-order chi connectivity index (χ1) is 8.74. The van der Waals surface area contributed by atoms with Gasteiger partial charge >= 0.3 is 0 Å². The predicted molar refractivity (Wildman–Crippen MR) is 76.0 cm³/mol. The zero-order valence-corrected chi connectivity index (χ0v) is 10.6. The number of piperazine rings is 1. The van der Waals surface area contributed by atoms with E-state index in [9.17, 15) is 0 Å². The highest BCUT2D eigenvalue weighted by Gasteiger charge is 2.13. The molecule has 0 atom stereocenters. The van der Waals surface area contributed by atoms with Crippen molar-refractivity contribution in [2.24, 2.45) is 0 Å². The normalized spacial score (nSPS) is 16.2. The number of hydrogen-bond acceptors (Lipinski definition) is 4. The number of fused-ring (bicyclic) bond motifs is 1. The van der Waals surface area contributed by atoms with E-state index in [1.165, 1.54) is 5.56 Å². The van der Waals surface area contributed by atoms with Crippen LogP contribution >= 0.6 is 0 Å². The van der Waals surface area contributed by atoms with Gasteiger partial charge in [-0.25, -0.2) is 4.98 Å². The molecule has 0 amide bonds. The topological polar surface area (TPSA) is 54.2 Å². The largest absolute Gasteiger partial charge is 0.399 e. The first-order valence-electron chi connectivity index (χ1n) is 6.36. The number of hydrogen-bond donors (Lipinski definition) is 2. The van der Waals surface area contributed by atoms with E-state index >= 15 is 0 Å². The molecule has 4 nitrogen and oxygen atoms in total. The molecule has 18 heavy (non-hydrogen) atoms. The molecule has 94 valence electrons. The van der Waals surface area contributed by atoms with Crippen LogP contribution in [0.3, 0.4) is 0 Å². The molecule has 4 heteroatoms. The molecule has 0 aliphatic carbocycles. The predicted octanol–water partition coefficient (Wildman–Crippen LogP) is 1.54. The first kappa shape index (κ1) is 11.3. The van der Waals surface area contributed by atoms with Gasteiger partial charge in [0.25, 0.3) is 0 Å². The van der Waals surface area contributed by atoms with Crippen LogP contribution in [0.5, 0.6) is 0 Å². The van der Waals surface area contributed by atoms with Crippen molar-refractivity contribution >= 4 is 22.4 Å². The highest BCUT2D eigenvalue weighted by molar-refractivity contribution is 5.86. The van der Waals surface area contributed by atoms with Gasteiger partial charge < -0.3 is 16.0 Å². The Bertz CT molecular complexity index is 573. The summed E-state index contributed by atoms with van der Waals surface area (Å²) in [7, 11) is 0. The van der Waals surface area contributed by atoms with Crippen LogP contribution in [-0.4, -0.2) is 31.2 Å². The number of nitrogen functional groups attached to an aromatic ring is 1. The van der Waals surface area contributed by atoms with Gasteiger partial charge in [-0.3, -0.25) is 0 Å². The smallest absolute Gasteiger partial charge is 0.129 e. The molecule has 3 N–H and O–H groups in total. The third-order valence-corrected chi connectivity index (χ3v) is 3.47. The third kappa shape index (κ3) is 1.99. The highest BCUT2D eigenvalue weighted by atomic mass is 15.2. The van der Waals surface area contributed by atoms with Gasteiger partial charge in [-0.15, -0.1) is 0 Å². The number of aryl methyl sites for hydroxylation is 1. The van der Waals surface area contributed by atoms with Crippen molar-refractivity contribution in [2.45, 2.75) is 6.92 Å². The number of anilines is 2. The van der Waals surface area contributed by atoms with Crippen molar-refractivity contribution in [3.8, 4) is 0 Å². The van der Waals surface area contributed by atoms with Crippen molar-refractivity contribution in [2.75, 3.05) is 36.8 Å². The fourth-order valence-corrected chi connectivity index (χ4v) is 2.45. The standard InChI is InChI=1S/C14H18N4/c1-10-8-14(18-6-4-16-5-7-18)17-13-3-2-11(15)9-12(10)13/h2-3,8-9,16H,4-7,15H2,1H3. The van der Waals surface area contributed by atoms with Crippen molar-refractivity contribution in [3.63, 3.8) is 0 Å². The highest BCUT2D eigenvalue weighted by Crippen LogP contribution is 2.24. The number of nitrogens with zero attached hydrogens (tertiary/aromatic N) is 2. The molecule has 2 heterocycles. The van der Waals surface area contributed by atoms with Crippen LogP contribution in [0.2, 0.25) is 0 Å². The minimum Gasteiger partial charge on any atom is -0.399 e. The van der Waals surface area contributed by atoms with Gasteiger partial charge in [0.15, 0.2) is 0 Å². The molecule has 0 unspecified atom stereocenters. The Morgan fingerprint density at radius 2 is 2.00 bits per heavy atom. The maximum atomic E-state index is 5.83. The SMILES string of the molecule is Cc1cc(N2CCNCC2)nc2ccc(N)cc12. The van der Waals surface area contributed by atoms with Gasteiger partial charge in [-0.05, 0) is 36.8 Å². The molecule has 1 aliphatic heterocycles. The number of pyridine rings is 1. The molecule has 3 rings (SSSR count). The number of nitrogens with one attached hydrogen (secondary N) is 1. The average Bonchev–Trinajstić information content (AvgIpc) is 2.40. The minimum absolute atomic E-state index is 0.794. The Morgan fingerprint density at radius 1 is 1.22 bits per heavy atom. The van der Waals surface area contributed by atoms with Gasteiger partial charge in [0, 0.05) is 37.3 Å². The van der Waals surface area contributed by atoms with Crippen LogP contribution in [0.1, 0.15) is 5.56 Å². The monoisotopic (exact) mass is 242 g/mol. The fourth-order valence-electron chi connectivity index (χ4n) is 2.45. The van der Waals surface area contributed by atoms with Crippen LogP contribution < -0.4 is 16.0 Å². The van der Waals surface area contributed by atoms with Gasteiger partial charge in [0.1, 0.15) is 5.82 Å². The molecule has 2 aromatic rings. The van der Waals surface area contributed by atoms with Gasteiger partial charge in [0.05, 0.1) is 5.52 Å². The summed E-state index contributed by atoms with van der Waals surface area (Å²) >= 11 is 0. The second-order valence-electron chi connectivity index (χ2n) is 4.81. The summed E-state index contributed by atoms with van der Waals surface area (Å²) < 4.78 is 0. The van der Waals surface area contributed by atoms with E-state index in [0.717, 1.165) is 48.6 Å². The molecule has 1 aromatic heterocycles. The first-order valence-corrected chi connectivity index (χ1v) is 6.36. The molecule has 1 fully saturated rings.